The Hall–Kier alpha value is -2.04. The Bertz CT molecular complexity index is 496. The van der Waals surface area contributed by atoms with Gasteiger partial charge in [0.2, 0.25) is 0 Å². The predicted octanol–water partition coefficient (Wildman–Crippen LogP) is 1.72. The van der Waals surface area contributed by atoms with Gasteiger partial charge in [-0.2, -0.15) is 0 Å². The first-order valence-corrected chi connectivity index (χ1v) is 4.81. The molecule has 0 radical (unpaired) electrons. The maximum Gasteiger partial charge on any atom is 0.146 e. The second-order valence-electron chi connectivity index (χ2n) is 3.43. The smallest absolute Gasteiger partial charge is 0.146 e. The van der Waals surface area contributed by atoms with E-state index in [2.05, 4.69) is 4.98 Å². The van der Waals surface area contributed by atoms with E-state index in [-0.39, 0.29) is 12.4 Å². The maximum atomic E-state index is 12.9. The number of anilines is 1. The van der Waals surface area contributed by atoms with E-state index in [0.29, 0.717) is 11.4 Å². The highest BCUT2D eigenvalue weighted by atomic mass is 19.1. The number of rotatable bonds is 3. The van der Waals surface area contributed by atoms with Crippen molar-refractivity contribution in [3.63, 3.8) is 0 Å². The summed E-state index contributed by atoms with van der Waals surface area (Å²) in [7, 11) is 1.86. The van der Waals surface area contributed by atoms with E-state index in [1.165, 1.54) is 18.2 Å². The van der Waals surface area contributed by atoms with Crippen LogP contribution in [0.3, 0.4) is 0 Å². The summed E-state index contributed by atoms with van der Waals surface area (Å²) in [5.74, 6) is 0.718. The van der Waals surface area contributed by atoms with Crippen molar-refractivity contribution in [3.8, 4) is 5.75 Å². The van der Waals surface area contributed by atoms with Crippen molar-refractivity contribution in [1.29, 1.82) is 0 Å². The minimum atomic E-state index is -0.371. The number of aryl methyl sites for hydroxylation is 1. The summed E-state index contributed by atoms with van der Waals surface area (Å²) in [6.07, 6.45) is 3.49. The Balaban J connectivity index is 2.10. The third-order valence-corrected chi connectivity index (χ3v) is 2.25. The van der Waals surface area contributed by atoms with Gasteiger partial charge in [-0.1, -0.05) is 0 Å². The first-order chi connectivity index (χ1) is 7.66. The Morgan fingerprint density at radius 3 is 3.00 bits per heavy atom. The summed E-state index contributed by atoms with van der Waals surface area (Å²) in [6, 6.07) is 4.03. The van der Waals surface area contributed by atoms with E-state index >= 15 is 0 Å². The summed E-state index contributed by atoms with van der Waals surface area (Å²) in [5.41, 5.74) is 6.06. The molecule has 1 aromatic carbocycles. The summed E-state index contributed by atoms with van der Waals surface area (Å²) in [6.45, 7) is 0.261. The zero-order chi connectivity index (χ0) is 11.5. The molecular weight excluding hydrogens is 209 g/mol. The lowest BCUT2D eigenvalue weighted by Crippen LogP contribution is -2.04. The van der Waals surface area contributed by atoms with Gasteiger partial charge in [-0.3, -0.25) is 0 Å². The molecule has 2 N–H and O–H groups in total. The van der Waals surface area contributed by atoms with Crippen LogP contribution in [0.15, 0.2) is 30.6 Å². The van der Waals surface area contributed by atoms with Crippen LogP contribution in [0.25, 0.3) is 0 Å². The molecule has 0 saturated carbocycles. The molecule has 0 aliphatic heterocycles. The Kier molecular flexibility index (Phi) is 2.76. The monoisotopic (exact) mass is 221 g/mol. The number of hydrogen-bond donors (Lipinski definition) is 1. The van der Waals surface area contributed by atoms with Crippen LogP contribution in [0, 0.1) is 5.82 Å². The van der Waals surface area contributed by atoms with Gasteiger partial charge in [0.1, 0.15) is 24.0 Å². The molecule has 0 atom stereocenters. The molecule has 0 saturated heterocycles. The van der Waals surface area contributed by atoms with Gasteiger partial charge in [0, 0.05) is 25.5 Å². The topological polar surface area (TPSA) is 53.1 Å². The van der Waals surface area contributed by atoms with Gasteiger partial charge in [-0.05, 0) is 12.1 Å². The van der Waals surface area contributed by atoms with Gasteiger partial charge in [0.15, 0.2) is 0 Å². The van der Waals surface area contributed by atoms with Crippen molar-refractivity contribution in [2.75, 3.05) is 5.73 Å². The molecule has 0 fully saturated rings. The van der Waals surface area contributed by atoms with Crippen LogP contribution in [-0.2, 0) is 13.7 Å². The van der Waals surface area contributed by atoms with Crippen molar-refractivity contribution in [3.05, 3.63) is 42.2 Å². The molecule has 1 heterocycles. The number of nitrogens with zero attached hydrogens (tertiary/aromatic N) is 2. The number of nitrogens with two attached hydrogens (primary N) is 1. The fourth-order valence-electron chi connectivity index (χ4n) is 1.31. The minimum absolute atomic E-state index is 0.261. The average molecular weight is 221 g/mol. The van der Waals surface area contributed by atoms with Crippen LogP contribution < -0.4 is 10.5 Å². The SMILES string of the molecule is Cn1ccnc1COc1cc(F)ccc1N. The molecule has 0 aliphatic rings. The Labute approximate surface area is 92.5 Å². The lowest BCUT2D eigenvalue weighted by Gasteiger charge is -2.08. The molecule has 0 amide bonds. The molecule has 2 aromatic rings. The van der Waals surface area contributed by atoms with Crippen molar-refractivity contribution in [1.82, 2.24) is 9.55 Å². The van der Waals surface area contributed by atoms with E-state index in [1.54, 1.807) is 6.20 Å². The van der Waals surface area contributed by atoms with Crippen LogP contribution in [0.2, 0.25) is 0 Å². The number of imidazole rings is 1. The molecule has 16 heavy (non-hydrogen) atoms. The summed E-state index contributed by atoms with van der Waals surface area (Å²) < 4.78 is 20.2. The zero-order valence-corrected chi connectivity index (χ0v) is 8.85. The Morgan fingerprint density at radius 2 is 2.31 bits per heavy atom. The largest absolute Gasteiger partial charge is 0.483 e. The molecular formula is C11H12FN3O. The number of hydrogen-bond acceptors (Lipinski definition) is 3. The quantitative estimate of drug-likeness (QED) is 0.803. The van der Waals surface area contributed by atoms with E-state index in [9.17, 15) is 4.39 Å². The van der Waals surface area contributed by atoms with E-state index in [0.717, 1.165) is 5.82 Å². The first-order valence-electron chi connectivity index (χ1n) is 4.81. The van der Waals surface area contributed by atoms with E-state index in [1.807, 2.05) is 17.8 Å². The van der Waals surface area contributed by atoms with Gasteiger partial charge in [-0.15, -0.1) is 0 Å². The second kappa shape index (κ2) is 4.22. The summed E-state index contributed by atoms with van der Waals surface area (Å²) in [5, 5.41) is 0. The first kappa shape index (κ1) is 10.5. The van der Waals surface area contributed by atoms with Crippen LogP contribution in [0.1, 0.15) is 5.82 Å². The van der Waals surface area contributed by atoms with Gasteiger partial charge in [0.25, 0.3) is 0 Å². The summed E-state index contributed by atoms with van der Waals surface area (Å²) in [4.78, 5) is 4.09. The highest BCUT2D eigenvalue weighted by molar-refractivity contribution is 5.52. The molecule has 0 aliphatic carbocycles. The van der Waals surface area contributed by atoms with Gasteiger partial charge in [-0.25, -0.2) is 9.37 Å². The minimum Gasteiger partial charge on any atom is -0.483 e. The molecule has 5 heteroatoms. The number of nitrogen functional groups attached to an aromatic ring is 1. The lowest BCUT2D eigenvalue weighted by molar-refractivity contribution is 0.292. The number of benzene rings is 1. The van der Waals surface area contributed by atoms with Crippen molar-refractivity contribution in [2.45, 2.75) is 6.61 Å². The molecule has 0 unspecified atom stereocenters. The zero-order valence-electron chi connectivity index (χ0n) is 8.85. The van der Waals surface area contributed by atoms with Crippen LogP contribution in [0.5, 0.6) is 5.75 Å². The van der Waals surface area contributed by atoms with Gasteiger partial charge >= 0.3 is 0 Å². The second-order valence-corrected chi connectivity index (χ2v) is 3.43. The van der Waals surface area contributed by atoms with E-state index < -0.39 is 0 Å². The van der Waals surface area contributed by atoms with Crippen LogP contribution in [0.4, 0.5) is 10.1 Å². The molecule has 0 spiro atoms. The molecule has 2 rings (SSSR count). The van der Waals surface area contributed by atoms with Crippen molar-refractivity contribution >= 4 is 5.69 Å². The number of halogens is 1. The lowest BCUT2D eigenvalue weighted by atomic mass is 10.3. The van der Waals surface area contributed by atoms with Gasteiger partial charge in [0.05, 0.1) is 5.69 Å². The highest BCUT2D eigenvalue weighted by Gasteiger charge is 2.04. The van der Waals surface area contributed by atoms with Crippen LogP contribution >= 0.6 is 0 Å². The Morgan fingerprint density at radius 1 is 1.50 bits per heavy atom. The van der Waals surface area contributed by atoms with Crippen LogP contribution in [-0.4, -0.2) is 9.55 Å². The molecule has 0 bridgehead atoms. The van der Waals surface area contributed by atoms with Crippen molar-refractivity contribution < 1.29 is 9.13 Å². The third kappa shape index (κ3) is 2.13. The standard InChI is InChI=1S/C11H12FN3O/c1-15-5-4-14-11(15)7-16-10-6-8(12)2-3-9(10)13/h2-6H,7,13H2,1H3. The highest BCUT2D eigenvalue weighted by Crippen LogP contribution is 2.22. The normalized spacial score (nSPS) is 10.4. The molecule has 1 aromatic heterocycles. The number of ether oxygens (including phenoxy) is 1. The fourth-order valence-corrected chi connectivity index (χ4v) is 1.31. The maximum absolute atomic E-state index is 12.9. The molecule has 84 valence electrons. The average Bonchev–Trinajstić information content (AvgIpc) is 2.66. The molecule has 4 nitrogen and oxygen atoms in total. The van der Waals surface area contributed by atoms with E-state index in [4.69, 9.17) is 10.5 Å². The van der Waals surface area contributed by atoms with Crippen molar-refractivity contribution in [2.24, 2.45) is 7.05 Å². The third-order valence-electron chi connectivity index (χ3n) is 2.25. The summed E-state index contributed by atoms with van der Waals surface area (Å²) >= 11 is 0. The van der Waals surface area contributed by atoms with Gasteiger partial charge < -0.3 is 15.0 Å². The number of aromatic nitrogens is 2. The fraction of sp³-hybridized carbons (Fsp3) is 0.182. The predicted molar refractivity (Wildman–Crippen MR) is 58.4 cm³/mol.